The minimum absolute atomic E-state index is 0.0583. The number of para-hydroxylation sites is 4. The van der Waals surface area contributed by atoms with Crippen LogP contribution in [0.15, 0.2) is 187 Å². The fourth-order valence-electron chi connectivity index (χ4n) is 7.54. The van der Waals surface area contributed by atoms with Gasteiger partial charge in [-0.15, -0.1) is 0 Å². The smallest absolute Gasteiger partial charge is 0.192 e. The van der Waals surface area contributed by atoms with Crippen molar-refractivity contribution in [3.8, 4) is 5.69 Å². The number of pyridine rings is 1. The van der Waals surface area contributed by atoms with E-state index < -0.39 is 0 Å². The molecule has 5 nitrogen and oxygen atoms in total. The molecule has 0 fully saturated rings. The Kier molecular flexibility index (Phi) is 7.67. The standard InChI is InChI=1S/C47H36N4O/c1-33-32-48(2)44-26-23-40(31-43(44)47(33)52)51-45-27-24-38(49(34-15-7-3-8-16-34)35-17-9-4-10-18-35)29-41(45)42-30-39(25-28-46(42)51)50(36-19-11-5-12-20-36)37-21-13-6-14-22-37/h3-32H,1-2H3. The normalized spacial score (nSPS) is 11.3. The maximum Gasteiger partial charge on any atom is 0.192 e. The molecule has 0 aliphatic carbocycles. The van der Waals surface area contributed by atoms with Crippen LogP contribution < -0.4 is 15.2 Å². The minimum atomic E-state index is 0.0583. The largest absolute Gasteiger partial charge is 0.350 e. The molecule has 0 spiro atoms. The third-order valence-electron chi connectivity index (χ3n) is 9.91. The van der Waals surface area contributed by atoms with Gasteiger partial charge in [-0.2, -0.15) is 0 Å². The lowest BCUT2D eigenvalue weighted by Gasteiger charge is -2.26. The molecule has 0 saturated heterocycles. The molecule has 5 heteroatoms. The number of nitrogens with zero attached hydrogens (tertiary/aromatic N) is 4. The quantitative estimate of drug-likeness (QED) is 0.169. The van der Waals surface area contributed by atoms with Crippen LogP contribution in [0.2, 0.25) is 0 Å². The first kappa shape index (κ1) is 31.2. The monoisotopic (exact) mass is 672 g/mol. The molecule has 9 aromatic rings. The van der Waals surface area contributed by atoms with Gasteiger partial charge >= 0.3 is 0 Å². The number of fused-ring (bicyclic) bond motifs is 4. The molecule has 0 saturated carbocycles. The Morgan fingerprint density at radius 2 is 0.827 bits per heavy atom. The van der Waals surface area contributed by atoms with Crippen molar-refractivity contribution >= 4 is 66.8 Å². The van der Waals surface area contributed by atoms with E-state index in [1.54, 1.807) is 0 Å². The van der Waals surface area contributed by atoms with Gasteiger partial charge in [0, 0.05) is 74.8 Å². The van der Waals surface area contributed by atoms with Crippen molar-refractivity contribution in [3.63, 3.8) is 0 Å². The van der Waals surface area contributed by atoms with Crippen molar-refractivity contribution in [2.45, 2.75) is 6.92 Å². The fraction of sp³-hybridized carbons (Fsp3) is 0.0426. The molecule has 0 amide bonds. The maximum atomic E-state index is 13.5. The molecule has 2 heterocycles. The Labute approximate surface area is 302 Å². The second-order valence-corrected chi connectivity index (χ2v) is 13.2. The molecular formula is C47H36N4O. The topological polar surface area (TPSA) is 33.4 Å². The van der Waals surface area contributed by atoms with E-state index in [0.29, 0.717) is 5.39 Å². The van der Waals surface area contributed by atoms with Crippen molar-refractivity contribution in [3.05, 3.63) is 198 Å². The predicted octanol–water partition coefficient (Wildman–Crippen LogP) is 11.9. The zero-order valence-electron chi connectivity index (χ0n) is 29.0. The lowest BCUT2D eigenvalue weighted by atomic mass is 10.1. The highest BCUT2D eigenvalue weighted by atomic mass is 16.1. The third kappa shape index (κ3) is 5.31. The van der Waals surface area contributed by atoms with Crippen LogP contribution in [0.1, 0.15) is 5.56 Å². The van der Waals surface area contributed by atoms with Crippen LogP contribution in [0, 0.1) is 6.92 Å². The number of hydrogen-bond donors (Lipinski definition) is 0. The summed E-state index contributed by atoms with van der Waals surface area (Å²) in [4.78, 5) is 18.1. The molecular weight excluding hydrogens is 637 g/mol. The van der Waals surface area contributed by atoms with E-state index >= 15 is 0 Å². The Balaban J connectivity index is 1.33. The first-order valence-corrected chi connectivity index (χ1v) is 17.5. The van der Waals surface area contributed by atoms with Crippen molar-refractivity contribution in [1.29, 1.82) is 0 Å². The molecule has 250 valence electrons. The summed E-state index contributed by atoms with van der Waals surface area (Å²) in [5.41, 5.74) is 11.2. The SMILES string of the molecule is Cc1cn(C)c2ccc(-n3c4ccc(N(c5ccccc5)c5ccccc5)cc4c4cc(N(c5ccccc5)c5ccccc5)ccc43)cc2c1=O. The summed E-state index contributed by atoms with van der Waals surface area (Å²) in [5, 5.41) is 2.94. The molecule has 2 aromatic heterocycles. The van der Waals surface area contributed by atoms with Crippen molar-refractivity contribution in [2.75, 3.05) is 9.80 Å². The van der Waals surface area contributed by atoms with Gasteiger partial charge in [0.15, 0.2) is 5.43 Å². The van der Waals surface area contributed by atoms with Crippen LogP contribution in [0.25, 0.3) is 38.4 Å². The third-order valence-corrected chi connectivity index (χ3v) is 9.91. The lowest BCUT2D eigenvalue weighted by Crippen LogP contribution is -2.11. The molecule has 0 aliphatic heterocycles. The number of anilines is 6. The van der Waals surface area contributed by atoms with E-state index in [-0.39, 0.29) is 5.43 Å². The molecule has 0 radical (unpaired) electrons. The second-order valence-electron chi connectivity index (χ2n) is 13.2. The molecule has 7 aromatic carbocycles. The summed E-state index contributed by atoms with van der Waals surface area (Å²) in [6.07, 6.45) is 1.91. The molecule has 0 aliphatic rings. The molecule has 0 unspecified atom stereocenters. The summed E-state index contributed by atoms with van der Waals surface area (Å²) in [6, 6.07) is 61.7. The molecule has 0 bridgehead atoms. The second kappa shape index (κ2) is 12.8. The molecule has 0 N–H and O–H groups in total. The first-order valence-electron chi connectivity index (χ1n) is 17.5. The molecule has 0 atom stereocenters. The summed E-state index contributed by atoms with van der Waals surface area (Å²) in [7, 11) is 1.99. The molecule has 52 heavy (non-hydrogen) atoms. The Morgan fingerprint density at radius 1 is 0.423 bits per heavy atom. The van der Waals surface area contributed by atoms with Crippen LogP contribution in [0.4, 0.5) is 34.1 Å². The predicted molar refractivity (Wildman–Crippen MR) is 218 cm³/mol. The highest BCUT2D eigenvalue weighted by Crippen LogP contribution is 2.42. The summed E-state index contributed by atoms with van der Waals surface area (Å²) in [6.45, 7) is 1.88. The number of aromatic nitrogens is 2. The zero-order chi connectivity index (χ0) is 35.2. The number of aryl methyl sites for hydroxylation is 2. The van der Waals surface area contributed by atoms with E-state index in [1.165, 1.54) is 0 Å². The van der Waals surface area contributed by atoms with Crippen LogP contribution in [-0.4, -0.2) is 9.13 Å². The zero-order valence-corrected chi connectivity index (χ0v) is 29.0. The van der Waals surface area contributed by atoms with Crippen LogP contribution in [-0.2, 0) is 7.05 Å². The van der Waals surface area contributed by atoms with Crippen LogP contribution >= 0.6 is 0 Å². The minimum Gasteiger partial charge on any atom is -0.350 e. The Hall–Kier alpha value is -6.85. The van der Waals surface area contributed by atoms with Gasteiger partial charge in [0.2, 0.25) is 0 Å². The Morgan fingerprint density at radius 3 is 1.25 bits per heavy atom. The van der Waals surface area contributed by atoms with Gasteiger partial charge in [0.05, 0.1) is 16.6 Å². The van der Waals surface area contributed by atoms with Gasteiger partial charge in [-0.1, -0.05) is 72.8 Å². The number of hydrogen-bond acceptors (Lipinski definition) is 3. The van der Waals surface area contributed by atoms with Crippen molar-refractivity contribution in [1.82, 2.24) is 9.13 Å². The summed E-state index contributed by atoms with van der Waals surface area (Å²) >= 11 is 0. The van der Waals surface area contributed by atoms with E-state index in [2.05, 4.69) is 184 Å². The fourth-order valence-corrected chi connectivity index (χ4v) is 7.54. The van der Waals surface area contributed by atoms with Crippen molar-refractivity contribution in [2.24, 2.45) is 7.05 Å². The van der Waals surface area contributed by atoms with Crippen LogP contribution in [0.5, 0.6) is 0 Å². The average Bonchev–Trinajstić information content (AvgIpc) is 3.52. The van der Waals surface area contributed by atoms with E-state index in [9.17, 15) is 4.79 Å². The summed E-state index contributed by atoms with van der Waals surface area (Å²) in [5.74, 6) is 0. The molecule has 9 rings (SSSR count). The van der Waals surface area contributed by atoms with Gasteiger partial charge < -0.3 is 18.9 Å². The number of benzene rings is 7. The van der Waals surface area contributed by atoms with Gasteiger partial charge in [0.25, 0.3) is 0 Å². The van der Waals surface area contributed by atoms with E-state index in [0.717, 1.165) is 72.7 Å². The maximum absolute atomic E-state index is 13.5. The highest BCUT2D eigenvalue weighted by molar-refractivity contribution is 6.12. The van der Waals surface area contributed by atoms with Gasteiger partial charge in [-0.25, -0.2) is 0 Å². The lowest BCUT2D eigenvalue weighted by molar-refractivity contribution is 0.938. The highest BCUT2D eigenvalue weighted by Gasteiger charge is 2.20. The van der Waals surface area contributed by atoms with Crippen LogP contribution in [0.3, 0.4) is 0 Å². The first-order chi connectivity index (χ1) is 25.5. The Bertz CT molecular complexity index is 2550. The average molecular weight is 673 g/mol. The van der Waals surface area contributed by atoms with Gasteiger partial charge in [-0.05, 0) is 110 Å². The van der Waals surface area contributed by atoms with E-state index in [4.69, 9.17) is 0 Å². The number of rotatable bonds is 7. The van der Waals surface area contributed by atoms with Gasteiger partial charge in [-0.3, -0.25) is 4.79 Å². The summed E-state index contributed by atoms with van der Waals surface area (Å²) < 4.78 is 4.33. The van der Waals surface area contributed by atoms with E-state index in [1.807, 2.05) is 30.8 Å². The van der Waals surface area contributed by atoms with Crippen molar-refractivity contribution < 1.29 is 0 Å². The van der Waals surface area contributed by atoms with Gasteiger partial charge in [0.1, 0.15) is 0 Å².